The van der Waals surface area contributed by atoms with E-state index in [4.69, 9.17) is 5.14 Å². The zero-order chi connectivity index (χ0) is 18.3. The minimum atomic E-state index is -3.71. The summed E-state index contributed by atoms with van der Waals surface area (Å²) in [5, 5.41) is 7.78. The molecule has 0 heterocycles. The number of anilines is 1. The number of thioether (sulfide) groups is 2. The Bertz CT molecular complexity index is 804. The van der Waals surface area contributed by atoms with E-state index in [0.717, 1.165) is 5.75 Å². The molecule has 25 heavy (non-hydrogen) atoms. The largest absolute Gasteiger partial charge is 0.326 e. The number of nitrogens with two attached hydrogens (primary N) is 1. The Morgan fingerprint density at radius 1 is 1.08 bits per heavy atom. The van der Waals surface area contributed by atoms with E-state index in [1.807, 2.05) is 6.26 Å². The van der Waals surface area contributed by atoms with Crippen LogP contribution < -0.4 is 10.5 Å². The van der Waals surface area contributed by atoms with Crippen molar-refractivity contribution in [2.24, 2.45) is 5.14 Å². The minimum Gasteiger partial charge on any atom is -0.326 e. The van der Waals surface area contributed by atoms with Crippen molar-refractivity contribution < 1.29 is 13.2 Å². The van der Waals surface area contributed by atoms with Crippen molar-refractivity contribution in [3.8, 4) is 0 Å². The van der Waals surface area contributed by atoms with E-state index in [2.05, 4.69) is 29.6 Å². The van der Waals surface area contributed by atoms with E-state index in [9.17, 15) is 13.2 Å². The van der Waals surface area contributed by atoms with Crippen molar-refractivity contribution in [2.75, 3.05) is 17.3 Å². The highest BCUT2D eigenvalue weighted by Crippen LogP contribution is 2.19. The first-order valence-electron chi connectivity index (χ1n) is 7.52. The van der Waals surface area contributed by atoms with Gasteiger partial charge in [0.05, 0.1) is 4.90 Å². The number of carbonyl (C=O) groups is 1. The molecule has 0 aromatic heterocycles. The molecule has 2 aromatic carbocycles. The molecule has 8 heteroatoms. The van der Waals surface area contributed by atoms with Crippen LogP contribution in [0.5, 0.6) is 0 Å². The monoisotopic (exact) mass is 396 g/mol. The Kier molecular flexibility index (Phi) is 7.37. The van der Waals surface area contributed by atoms with E-state index >= 15 is 0 Å². The molecule has 0 radical (unpaired) electrons. The van der Waals surface area contributed by atoms with Gasteiger partial charge in [-0.3, -0.25) is 4.79 Å². The fourth-order valence-electron chi connectivity index (χ4n) is 2.03. The third-order valence-electron chi connectivity index (χ3n) is 3.37. The molecule has 0 fully saturated rings. The van der Waals surface area contributed by atoms with Crippen molar-refractivity contribution in [1.29, 1.82) is 0 Å². The fraction of sp³-hybridized carbons (Fsp3) is 0.235. The van der Waals surface area contributed by atoms with Gasteiger partial charge in [0.25, 0.3) is 0 Å². The molecule has 2 rings (SSSR count). The molecule has 0 atom stereocenters. The van der Waals surface area contributed by atoms with E-state index < -0.39 is 10.0 Å². The molecular formula is C17H20N2O3S3. The maximum absolute atomic E-state index is 11.9. The molecular weight excluding hydrogens is 376 g/mol. The molecule has 0 aliphatic rings. The number of hydrogen-bond acceptors (Lipinski definition) is 5. The summed E-state index contributed by atoms with van der Waals surface area (Å²) >= 11 is 3.41. The summed E-state index contributed by atoms with van der Waals surface area (Å²) in [5.74, 6) is 1.48. The second-order valence-electron chi connectivity index (χ2n) is 5.27. The van der Waals surface area contributed by atoms with Gasteiger partial charge in [-0.25, -0.2) is 13.6 Å². The first kappa shape index (κ1) is 19.8. The molecule has 0 aliphatic heterocycles. The normalized spacial score (nSPS) is 11.3. The Hall–Kier alpha value is -1.48. The van der Waals surface area contributed by atoms with Crippen molar-refractivity contribution in [3.05, 3.63) is 54.1 Å². The van der Waals surface area contributed by atoms with Gasteiger partial charge >= 0.3 is 0 Å². The molecule has 0 saturated heterocycles. The number of hydrogen-bond donors (Lipinski definition) is 2. The van der Waals surface area contributed by atoms with Gasteiger partial charge in [0.1, 0.15) is 0 Å². The van der Waals surface area contributed by atoms with Crippen LogP contribution in [0.2, 0.25) is 0 Å². The maximum Gasteiger partial charge on any atom is 0.238 e. The molecule has 5 nitrogen and oxygen atoms in total. The van der Waals surface area contributed by atoms with E-state index in [1.54, 1.807) is 23.5 Å². The second-order valence-corrected chi connectivity index (χ2v) is 8.81. The zero-order valence-electron chi connectivity index (χ0n) is 13.8. The summed E-state index contributed by atoms with van der Waals surface area (Å²) < 4.78 is 22.4. The highest BCUT2D eigenvalue weighted by molar-refractivity contribution is 7.98. The fourth-order valence-corrected chi connectivity index (χ4v) is 3.85. The molecule has 0 aliphatic carbocycles. The van der Waals surface area contributed by atoms with Crippen LogP contribution in [0.4, 0.5) is 5.69 Å². The van der Waals surface area contributed by atoms with Gasteiger partial charge in [0.15, 0.2) is 0 Å². The predicted molar refractivity (Wildman–Crippen MR) is 105 cm³/mol. The summed E-state index contributed by atoms with van der Waals surface area (Å²) in [6, 6.07) is 14.2. The number of rotatable bonds is 8. The van der Waals surface area contributed by atoms with E-state index in [0.29, 0.717) is 17.9 Å². The Balaban J connectivity index is 1.73. The quantitative estimate of drug-likeness (QED) is 0.528. The number of benzene rings is 2. The van der Waals surface area contributed by atoms with Gasteiger partial charge in [0.2, 0.25) is 15.9 Å². The number of nitrogens with one attached hydrogen (secondary N) is 1. The smallest absolute Gasteiger partial charge is 0.238 e. The van der Waals surface area contributed by atoms with Crippen LogP contribution in [0, 0.1) is 0 Å². The van der Waals surface area contributed by atoms with Crippen molar-refractivity contribution in [3.63, 3.8) is 0 Å². The lowest BCUT2D eigenvalue weighted by Gasteiger charge is -2.06. The zero-order valence-corrected chi connectivity index (χ0v) is 16.2. The summed E-state index contributed by atoms with van der Waals surface area (Å²) in [6.45, 7) is 0. The number of amides is 1. The lowest BCUT2D eigenvalue weighted by molar-refractivity contribution is -0.115. The van der Waals surface area contributed by atoms with E-state index in [1.165, 1.54) is 34.7 Å². The van der Waals surface area contributed by atoms with Crippen LogP contribution >= 0.6 is 23.5 Å². The van der Waals surface area contributed by atoms with Crippen molar-refractivity contribution in [2.45, 2.75) is 22.0 Å². The molecule has 0 saturated carbocycles. The highest BCUT2D eigenvalue weighted by atomic mass is 32.2. The molecule has 0 unspecified atom stereocenters. The predicted octanol–water partition coefficient (Wildman–Crippen LogP) is 3.32. The van der Waals surface area contributed by atoms with Gasteiger partial charge < -0.3 is 5.32 Å². The van der Waals surface area contributed by atoms with Gasteiger partial charge in [0, 0.05) is 28.5 Å². The molecule has 134 valence electrons. The molecule has 0 bridgehead atoms. The van der Waals surface area contributed by atoms with Gasteiger partial charge in [-0.15, -0.1) is 11.8 Å². The Morgan fingerprint density at radius 2 is 1.72 bits per heavy atom. The molecule has 2 aromatic rings. The standard InChI is InChI=1S/C17H20N2O3S3/c1-23-15-6-2-13(3-7-15)12-24-11-10-17(20)19-14-4-8-16(9-5-14)25(18,21)22/h2-9H,10-12H2,1H3,(H,19,20)(H2,18,21,22). The third-order valence-corrected chi connectivity index (χ3v) is 6.07. The lowest BCUT2D eigenvalue weighted by atomic mass is 10.2. The van der Waals surface area contributed by atoms with Crippen LogP contribution in [0.25, 0.3) is 0 Å². The third kappa shape index (κ3) is 6.74. The van der Waals surface area contributed by atoms with Crippen LogP contribution in [0.1, 0.15) is 12.0 Å². The van der Waals surface area contributed by atoms with Gasteiger partial charge in [-0.1, -0.05) is 12.1 Å². The van der Waals surface area contributed by atoms with Gasteiger partial charge in [-0.05, 0) is 48.2 Å². The van der Waals surface area contributed by atoms with Crippen LogP contribution in [-0.4, -0.2) is 26.3 Å². The molecule has 1 amide bonds. The van der Waals surface area contributed by atoms with Crippen LogP contribution in [0.3, 0.4) is 0 Å². The summed E-state index contributed by atoms with van der Waals surface area (Å²) in [4.78, 5) is 13.2. The van der Waals surface area contributed by atoms with Crippen molar-refractivity contribution >= 4 is 45.1 Å². The number of carbonyl (C=O) groups excluding carboxylic acids is 1. The first-order valence-corrected chi connectivity index (χ1v) is 11.4. The summed E-state index contributed by atoms with van der Waals surface area (Å²) in [7, 11) is -3.71. The molecule has 3 N–H and O–H groups in total. The number of sulfonamides is 1. The highest BCUT2D eigenvalue weighted by Gasteiger charge is 2.08. The number of primary sulfonamides is 1. The Morgan fingerprint density at radius 3 is 2.28 bits per heavy atom. The lowest BCUT2D eigenvalue weighted by Crippen LogP contribution is -2.14. The van der Waals surface area contributed by atoms with Crippen molar-refractivity contribution in [1.82, 2.24) is 0 Å². The summed E-state index contributed by atoms with van der Waals surface area (Å²) in [6.07, 6.45) is 2.44. The average molecular weight is 397 g/mol. The van der Waals surface area contributed by atoms with E-state index in [-0.39, 0.29) is 10.8 Å². The topological polar surface area (TPSA) is 89.3 Å². The van der Waals surface area contributed by atoms with Gasteiger partial charge in [-0.2, -0.15) is 11.8 Å². The Labute approximate surface area is 156 Å². The summed E-state index contributed by atoms with van der Waals surface area (Å²) in [5.41, 5.74) is 1.79. The first-order chi connectivity index (χ1) is 11.9. The average Bonchev–Trinajstić information content (AvgIpc) is 2.59. The molecule has 0 spiro atoms. The maximum atomic E-state index is 11.9. The second kappa shape index (κ2) is 9.28. The minimum absolute atomic E-state index is 0.0218. The SMILES string of the molecule is CSc1ccc(CSCCC(=O)Nc2ccc(S(N)(=O)=O)cc2)cc1. The van der Waals surface area contributed by atoms with Crippen LogP contribution in [0.15, 0.2) is 58.3 Å². The van der Waals surface area contributed by atoms with Crippen LogP contribution in [-0.2, 0) is 20.6 Å².